The minimum Gasteiger partial charge on any atom is -0.496 e. The van der Waals surface area contributed by atoms with Crippen LogP contribution in [0.5, 0.6) is 28.7 Å². The fraction of sp³-hybridized carbons (Fsp3) is 0.350. The van der Waals surface area contributed by atoms with Crippen molar-refractivity contribution in [2.24, 2.45) is 0 Å². The van der Waals surface area contributed by atoms with Crippen LogP contribution in [0.2, 0.25) is 0 Å². The van der Waals surface area contributed by atoms with Crippen LogP contribution in [0.3, 0.4) is 0 Å². The predicted molar refractivity (Wildman–Crippen MR) is 189 cm³/mol. The summed E-state index contributed by atoms with van der Waals surface area (Å²) in [4.78, 5) is 18.0. The molecule has 3 aliphatic heterocycles. The Morgan fingerprint density at radius 3 is 2.00 bits per heavy atom. The summed E-state index contributed by atoms with van der Waals surface area (Å²) in [6, 6.07) is 21.3. The highest BCUT2D eigenvalue weighted by Gasteiger charge is 2.54. The summed E-state index contributed by atoms with van der Waals surface area (Å²) in [5.74, 6) is 2.83. The molecule has 1 fully saturated rings. The molecule has 0 aliphatic carbocycles. The second kappa shape index (κ2) is 13.6. The van der Waals surface area contributed by atoms with Crippen molar-refractivity contribution in [3.63, 3.8) is 0 Å². The fourth-order valence-electron chi connectivity index (χ4n) is 8.33. The van der Waals surface area contributed by atoms with Crippen molar-refractivity contribution >= 4 is 22.8 Å². The van der Waals surface area contributed by atoms with Crippen LogP contribution in [0, 0.1) is 11.3 Å². The third kappa shape index (κ3) is 5.47. The Morgan fingerprint density at radius 1 is 0.780 bits per heavy atom. The monoisotopic (exact) mass is 675 g/mol. The molecule has 7 rings (SSSR count). The molecule has 0 amide bonds. The average molecular weight is 676 g/mol. The fourth-order valence-corrected chi connectivity index (χ4v) is 8.33. The number of hydrogen-bond donors (Lipinski definition) is 0. The van der Waals surface area contributed by atoms with Crippen LogP contribution in [0.25, 0.3) is 16.8 Å². The van der Waals surface area contributed by atoms with Gasteiger partial charge in [-0.2, -0.15) is 5.26 Å². The smallest absolute Gasteiger partial charge is 0.330 e. The van der Waals surface area contributed by atoms with Crippen molar-refractivity contribution in [3.8, 4) is 34.8 Å². The number of esters is 1. The molecule has 2 bridgehead atoms. The topological polar surface area (TPSA) is 103 Å². The third-order valence-corrected chi connectivity index (χ3v) is 10.6. The molecule has 1 saturated heterocycles. The summed E-state index contributed by atoms with van der Waals surface area (Å²) in [6.07, 6.45) is 4.54. The summed E-state index contributed by atoms with van der Waals surface area (Å²) < 4.78 is 34.4. The van der Waals surface area contributed by atoms with Gasteiger partial charge in [0, 0.05) is 23.5 Å². The molecule has 4 aromatic rings. The Balaban J connectivity index is 1.26. The molecule has 50 heavy (non-hydrogen) atoms. The van der Waals surface area contributed by atoms with E-state index in [0.29, 0.717) is 35.8 Å². The molecule has 0 unspecified atom stereocenters. The number of carbonyl (C=O) groups excluding carboxylic acids is 1. The summed E-state index contributed by atoms with van der Waals surface area (Å²) in [5, 5.41) is 12.7. The Morgan fingerprint density at radius 2 is 1.36 bits per heavy atom. The van der Waals surface area contributed by atoms with E-state index in [4.69, 9.17) is 28.4 Å². The Bertz CT molecular complexity index is 2020. The number of rotatable bonds is 9. The van der Waals surface area contributed by atoms with Crippen LogP contribution in [0.4, 0.5) is 0 Å². The molecule has 10 nitrogen and oxygen atoms in total. The maximum absolute atomic E-state index is 13.4. The van der Waals surface area contributed by atoms with E-state index in [1.807, 2.05) is 54.6 Å². The van der Waals surface area contributed by atoms with E-state index in [9.17, 15) is 10.1 Å². The standard InChI is InChI=1S/C40H41N3O7/c1-42-30-15-25-18-36(47-4)38(49-6)20-29(25)40(42)31-16-24-17-35(46-3)37(48-5)19-28(24)33(43(31)32(30)21-41)22-50-39(44)14-12-23-11-13-34(45-2)27-10-8-7-9-26(23)27/h7-14,17-20,30-33,40H,15-16,22H2,1-6H3/b14-12+/t30-,31-,32-,33-,40+/m0/s1. The zero-order valence-electron chi connectivity index (χ0n) is 29.1. The van der Waals surface area contributed by atoms with Crippen molar-refractivity contribution < 1.29 is 33.2 Å². The molecule has 0 saturated carbocycles. The molecule has 0 radical (unpaired) electrons. The summed E-state index contributed by atoms with van der Waals surface area (Å²) in [7, 11) is 10.3. The number of nitrogens with zero attached hydrogens (tertiary/aromatic N) is 3. The average Bonchev–Trinajstić information content (AvgIpc) is 3.14. The maximum atomic E-state index is 13.4. The lowest BCUT2D eigenvalue weighted by Crippen LogP contribution is -2.68. The molecule has 4 aromatic carbocycles. The van der Waals surface area contributed by atoms with Crippen LogP contribution in [0.1, 0.15) is 39.9 Å². The van der Waals surface area contributed by atoms with Crippen molar-refractivity contribution in [3.05, 3.63) is 94.6 Å². The molecule has 3 heterocycles. The lowest BCUT2D eigenvalue weighted by molar-refractivity contribution is -0.143. The first-order valence-corrected chi connectivity index (χ1v) is 16.6. The van der Waals surface area contributed by atoms with Gasteiger partial charge in [0.25, 0.3) is 0 Å². The molecule has 0 aromatic heterocycles. The largest absolute Gasteiger partial charge is 0.496 e. The molecule has 0 spiro atoms. The first-order chi connectivity index (χ1) is 24.3. The number of piperazine rings is 1. The van der Waals surface area contributed by atoms with Crippen LogP contribution >= 0.6 is 0 Å². The maximum Gasteiger partial charge on any atom is 0.330 e. The number of fused-ring (bicyclic) bond motifs is 8. The van der Waals surface area contributed by atoms with E-state index in [1.165, 1.54) is 6.08 Å². The zero-order valence-corrected chi connectivity index (χ0v) is 29.1. The van der Waals surface area contributed by atoms with Crippen LogP contribution in [0.15, 0.2) is 66.7 Å². The van der Waals surface area contributed by atoms with Gasteiger partial charge in [0.1, 0.15) is 18.4 Å². The highest BCUT2D eigenvalue weighted by Crippen LogP contribution is 2.52. The van der Waals surface area contributed by atoms with E-state index < -0.39 is 18.1 Å². The quantitative estimate of drug-likeness (QED) is 0.157. The highest BCUT2D eigenvalue weighted by molar-refractivity contribution is 5.97. The highest BCUT2D eigenvalue weighted by atomic mass is 16.5. The number of methoxy groups -OCH3 is 5. The third-order valence-electron chi connectivity index (χ3n) is 10.6. The number of likely N-dealkylation sites (N-methyl/N-ethyl adjacent to an activating group) is 1. The van der Waals surface area contributed by atoms with Crippen LogP contribution in [-0.2, 0) is 22.4 Å². The van der Waals surface area contributed by atoms with Crippen molar-refractivity contribution in [1.29, 1.82) is 5.26 Å². The van der Waals surface area contributed by atoms with Crippen LogP contribution < -0.4 is 23.7 Å². The molecule has 0 N–H and O–H groups in total. The SMILES string of the molecule is COc1cc2c(cc1OC)[C@@H]1[C@@H]3Cc4cc(OC)c(OC)cc4[C@H](COC(=O)/C=C/c4ccc(OC)c5ccccc45)N3[C@@H](C#N)[C@H](C2)N1C. The van der Waals surface area contributed by atoms with Crippen molar-refractivity contribution in [2.45, 2.75) is 43.1 Å². The van der Waals surface area contributed by atoms with Gasteiger partial charge in [0.2, 0.25) is 0 Å². The predicted octanol–water partition coefficient (Wildman–Crippen LogP) is 5.91. The van der Waals surface area contributed by atoms with Gasteiger partial charge in [0.05, 0.1) is 53.7 Å². The Labute approximate surface area is 292 Å². The van der Waals surface area contributed by atoms with Crippen LogP contribution in [-0.4, -0.2) is 83.1 Å². The number of nitriles is 1. The Hall–Kier alpha value is -5.24. The second-order valence-electron chi connectivity index (χ2n) is 12.9. The van der Waals surface area contributed by atoms with E-state index in [1.54, 1.807) is 41.6 Å². The van der Waals surface area contributed by atoms with E-state index in [-0.39, 0.29) is 24.7 Å². The van der Waals surface area contributed by atoms with E-state index in [0.717, 1.165) is 44.3 Å². The molecule has 5 atom stereocenters. The Kier molecular flexibility index (Phi) is 9.03. The summed E-state index contributed by atoms with van der Waals surface area (Å²) in [6.45, 7) is 0.0473. The first-order valence-electron chi connectivity index (χ1n) is 16.6. The van der Waals surface area contributed by atoms with Crippen molar-refractivity contribution in [2.75, 3.05) is 49.2 Å². The van der Waals surface area contributed by atoms with Gasteiger partial charge in [0.15, 0.2) is 23.0 Å². The minimum absolute atomic E-state index is 0.0473. The number of hydrogen-bond acceptors (Lipinski definition) is 10. The van der Waals surface area contributed by atoms with Crippen molar-refractivity contribution in [1.82, 2.24) is 9.80 Å². The number of ether oxygens (including phenoxy) is 6. The van der Waals surface area contributed by atoms with E-state index >= 15 is 0 Å². The molecule has 3 aliphatic rings. The normalized spacial score (nSPS) is 22.5. The van der Waals surface area contributed by atoms with Gasteiger partial charge in [-0.25, -0.2) is 4.79 Å². The first kappa shape index (κ1) is 33.3. The summed E-state index contributed by atoms with van der Waals surface area (Å²) >= 11 is 0. The van der Waals surface area contributed by atoms with Gasteiger partial charge < -0.3 is 28.4 Å². The zero-order chi connectivity index (χ0) is 35.1. The number of benzene rings is 4. The number of carbonyl (C=O) groups is 1. The van der Waals surface area contributed by atoms with Gasteiger partial charge in [-0.05, 0) is 89.5 Å². The second-order valence-corrected chi connectivity index (χ2v) is 12.9. The minimum atomic E-state index is -0.478. The lowest BCUT2D eigenvalue weighted by atomic mass is 9.72. The van der Waals surface area contributed by atoms with Gasteiger partial charge in [-0.15, -0.1) is 0 Å². The molecular weight excluding hydrogens is 634 g/mol. The van der Waals surface area contributed by atoms with Gasteiger partial charge in [-0.3, -0.25) is 9.80 Å². The van der Waals surface area contributed by atoms with Gasteiger partial charge in [-0.1, -0.05) is 30.3 Å². The summed E-state index contributed by atoms with van der Waals surface area (Å²) in [5.41, 5.74) is 5.17. The molecule has 10 heteroatoms. The van der Waals surface area contributed by atoms with Gasteiger partial charge >= 0.3 is 5.97 Å². The lowest BCUT2D eigenvalue weighted by Gasteiger charge is -2.59. The molecular formula is C40H41N3O7. The van der Waals surface area contributed by atoms with E-state index in [2.05, 4.69) is 29.0 Å². The molecule has 258 valence electrons.